The van der Waals surface area contributed by atoms with E-state index in [-0.39, 0.29) is 10.8 Å². The topological polar surface area (TPSA) is 89.7 Å². The third kappa shape index (κ3) is 2.11. The van der Waals surface area contributed by atoms with Crippen molar-refractivity contribution in [1.82, 2.24) is 4.90 Å². The minimum absolute atomic E-state index is 0.0291. The summed E-state index contributed by atoms with van der Waals surface area (Å²) in [5.74, 6) is -0.756. The Morgan fingerprint density at radius 1 is 1.65 bits per heavy atom. The van der Waals surface area contributed by atoms with Gasteiger partial charge >= 0.3 is 5.97 Å². The SMILES string of the molecule is C[C@]12CCC(=O)N1[C@@H](C(=O)OCC(N)=O)CS2. The summed E-state index contributed by atoms with van der Waals surface area (Å²) < 4.78 is 4.77. The van der Waals surface area contributed by atoms with E-state index in [2.05, 4.69) is 0 Å². The number of thioether (sulfide) groups is 1. The Kier molecular flexibility index (Phi) is 3.03. The summed E-state index contributed by atoms with van der Waals surface area (Å²) in [4.78, 5) is 35.3. The van der Waals surface area contributed by atoms with Crippen LogP contribution in [-0.2, 0) is 19.1 Å². The van der Waals surface area contributed by atoms with Gasteiger partial charge < -0.3 is 15.4 Å². The smallest absolute Gasteiger partial charge is 0.330 e. The quantitative estimate of drug-likeness (QED) is 0.687. The number of hydrogen-bond donors (Lipinski definition) is 1. The van der Waals surface area contributed by atoms with Gasteiger partial charge in [-0.3, -0.25) is 9.59 Å². The molecule has 2 aliphatic rings. The van der Waals surface area contributed by atoms with Gasteiger partial charge in [0.05, 0.1) is 4.87 Å². The average Bonchev–Trinajstić information content (AvgIpc) is 2.73. The van der Waals surface area contributed by atoms with Crippen LogP contribution in [0.2, 0.25) is 0 Å². The van der Waals surface area contributed by atoms with E-state index in [1.54, 1.807) is 16.7 Å². The number of ether oxygens (including phenoxy) is 1. The van der Waals surface area contributed by atoms with Crippen molar-refractivity contribution in [3.8, 4) is 0 Å². The van der Waals surface area contributed by atoms with E-state index >= 15 is 0 Å². The van der Waals surface area contributed by atoms with Gasteiger partial charge in [-0.05, 0) is 13.3 Å². The van der Waals surface area contributed by atoms with Crippen molar-refractivity contribution in [2.75, 3.05) is 12.4 Å². The van der Waals surface area contributed by atoms with Gasteiger partial charge in [0.1, 0.15) is 6.04 Å². The second-order valence-corrected chi connectivity index (χ2v) is 5.84. The van der Waals surface area contributed by atoms with Gasteiger partial charge in [0, 0.05) is 12.2 Å². The van der Waals surface area contributed by atoms with Gasteiger partial charge in [0.25, 0.3) is 5.91 Å². The van der Waals surface area contributed by atoms with Gasteiger partial charge in [-0.25, -0.2) is 4.79 Å². The molecule has 2 heterocycles. The Labute approximate surface area is 103 Å². The van der Waals surface area contributed by atoms with Gasteiger partial charge in [-0.15, -0.1) is 11.8 Å². The number of fused-ring (bicyclic) bond motifs is 1. The molecule has 2 aliphatic heterocycles. The Morgan fingerprint density at radius 2 is 2.35 bits per heavy atom. The van der Waals surface area contributed by atoms with E-state index in [0.29, 0.717) is 12.2 Å². The van der Waals surface area contributed by atoms with Crippen LogP contribution in [0.1, 0.15) is 19.8 Å². The molecule has 0 spiro atoms. The second-order valence-electron chi connectivity index (χ2n) is 4.34. The third-order valence-corrected chi connectivity index (χ3v) is 4.58. The molecule has 2 amide bonds. The summed E-state index contributed by atoms with van der Waals surface area (Å²) in [6.45, 7) is 1.52. The lowest BCUT2D eigenvalue weighted by atomic mass is 10.2. The van der Waals surface area contributed by atoms with Crippen LogP contribution < -0.4 is 5.73 Å². The van der Waals surface area contributed by atoms with Gasteiger partial charge in [0.2, 0.25) is 5.91 Å². The van der Waals surface area contributed by atoms with Crippen molar-refractivity contribution in [3.63, 3.8) is 0 Å². The van der Waals surface area contributed by atoms with Crippen molar-refractivity contribution in [2.45, 2.75) is 30.7 Å². The maximum atomic E-state index is 11.7. The number of carbonyl (C=O) groups excluding carboxylic acids is 3. The molecule has 7 heteroatoms. The predicted molar refractivity (Wildman–Crippen MR) is 60.9 cm³/mol. The molecular formula is C10H14N2O4S. The highest BCUT2D eigenvalue weighted by Gasteiger charge is 2.53. The first-order valence-electron chi connectivity index (χ1n) is 5.35. The maximum absolute atomic E-state index is 11.7. The molecule has 0 radical (unpaired) electrons. The van der Waals surface area contributed by atoms with E-state index in [1.165, 1.54) is 0 Å². The number of amides is 2. The molecule has 0 aliphatic carbocycles. The molecule has 2 N–H and O–H groups in total. The number of primary amides is 1. The monoisotopic (exact) mass is 258 g/mol. The summed E-state index contributed by atoms with van der Waals surface area (Å²) >= 11 is 1.58. The summed E-state index contributed by atoms with van der Waals surface area (Å²) in [6.07, 6.45) is 1.21. The fourth-order valence-electron chi connectivity index (χ4n) is 2.23. The molecule has 0 aromatic carbocycles. The summed E-state index contributed by atoms with van der Waals surface area (Å²) in [7, 11) is 0. The summed E-state index contributed by atoms with van der Waals surface area (Å²) in [5.41, 5.74) is 4.90. The van der Waals surface area contributed by atoms with Gasteiger partial charge in [0.15, 0.2) is 6.61 Å². The Bertz CT molecular complexity index is 387. The highest BCUT2D eigenvalue weighted by atomic mass is 32.2. The molecule has 0 saturated carbocycles. The van der Waals surface area contributed by atoms with Crippen molar-refractivity contribution in [2.24, 2.45) is 5.73 Å². The van der Waals surface area contributed by atoms with Crippen molar-refractivity contribution in [1.29, 1.82) is 0 Å². The minimum atomic E-state index is -0.695. The Hall–Kier alpha value is -1.24. The van der Waals surface area contributed by atoms with Crippen LogP contribution in [-0.4, -0.2) is 46.0 Å². The van der Waals surface area contributed by atoms with Gasteiger partial charge in [-0.1, -0.05) is 0 Å². The molecule has 94 valence electrons. The van der Waals surface area contributed by atoms with Crippen LogP contribution in [0.5, 0.6) is 0 Å². The van der Waals surface area contributed by atoms with E-state index in [1.807, 2.05) is 6.92 Å². The van der Waals surface area contributed by atoms with Crippen molar-refractivity contribution in [3.05, 3.63) is 0 Å². The predicted octanol–water partition coefficient (Wildman–Crippen LogP) is -0.531. The molecule has 0 bridgehead atoms. The zero-order valence-corrected chi connectivity index (χ0v) is 10.3. The fraction of sp³-hybridized carbons (Fsp3) is 0.700. The van der Waals surface area contributed by atoms with Crippen LogP contribution >= 0.6 is 11.8 Å². The van der Waals surface area contributed by atoms with E-state index < -0.39 is 24.5 Å². The molecule has 0 unspecified atom stereocenters. The van der Waals surface area contributed by atoms with Crippen molar-refractivity contribution < 1.29 is 19.1 Å². The number of rotatable bonds is 3. The second kappa shape index (κ2) is 4.21. The molecule has 17 heavy (non-hydrogen) atoms. The van der Waals surface area contributed by atoms with E-state index in [0.717, 1.165) is 6.42 Å². The highest BCUT2D eigenvalue weighted by Crippen LogP contribution is 2.47. The van der Waals surface area contributed by atoms with Crippen LogP contribution in [0.15, 0.2) is 0 Å². The van der Waals surface area contributed by atoms with Crippen molar-refractivity contribution >= 4 is 29.5 Å². The maximum Gasteiger partial charge on any atom is 0.330 e. The molecule has 2 atom stereocenters. The average molecular weight is 258 g/mol. The summed E-state index contributed by atoms with van der Waals surface area (Å²) in [5, 5.41) is 0. The molecule has 0 aromatic heterocycles. The lowest BCUT2D eigenvalue weighted by Gasteiger charge is -2.29. The number of hydrogen-bond acceptors (Lipinski definition) is 5. The van der Waals surface area contributed by atoms with Crippen LogP contribution in [0.3, 0.4) is 0 Å². The molecule has 0 aromatic rings. The van der Waals surface area contributed by atoms with Crippen LogP contribution in [0.4, 0.5) is 0 Å². The minimum Gasteiger partial charge on any atom is -0.454 e. The molecule has 2 fully saturated rings. The van der Waals surface area contributed by atoms with Crippen LogP contribution in [0, 0.1) is 0 Å². The van der Waals surface area contributed by atoms with Gasteiger partial charge in [-0.2, -0.15) is 0 Å². The third-order valence-electron chi connectivity index (χ3n) is 3.07. The van der Waals surface area contributed by atoms with Crippen LogP contribution in [0.25, 0.3) is 0 Å². The number of carbonyl (C=O) groups is 3. The lowest BCUT2D eigenvalue weighted by Crippen LogP contribution is -2.47. The first-order chi connectivity index (χ1) is 7.94. The zero-order valence-electron chi connectivity index (χ0n) is 9.47. The first kappa shape index (κ1) is 12.2. The first-order valence-corrected chi connectivity index (χ1v) is 6.34. The summed E-state index contributed by atoms with van der Waals surface area (Å²) in [6, 6.07) is -0.584. The van der Waals surface area contributed by atoms with E-state index in [4.69, 9.17) is 10.5 Å². The van der Waals surface area contributed by atoms with E-state index in [9.17, 15) is 14.4 Å². The standard InChI is InChI=1S/C10H14N2O4S/c1-10-3-2-8(14)12(10)6(5-17-10)9(15)16-4-7(11)13/h6H,2-5H2,1H3,(H2,11,13)/t6-,10+/m1/s1. The molecular weight excluding hydrogens is 244 g/mol. The Morgan fingerprint density at radius 3 is 3.00 bits per heavy atom. The largest absolute Gasteiger partial charge is 0.454 e. The fourth-order valence-corrected chi connectivity index (χ4v) is 3.65. The Balaban J connectivity index is 2.05. The lowest BCUT2D eigenvalue weighted by molar-refractivity contribution is -0.155. The number of esters is 1. The number of nitrogens with zero attached hydrogens (tertiary/aromatic N) is 1. The molecule has 2 saturated heterocycles. The molecule has 2 rings (SSSR count). The normalized spacial score (nSPS) is 31.5. The molecule has 6 nitrogen and oxygen atoms in total. The highest BCUT2D eigenvalue weighted by molar-refractivity contribution is 8.01. The zero-order chi connectivity index (χ0) is 12.6. The number of nitrogens with two attached hydrogens (primary N) is 1.